The average Bonchev–Trinajstić information content (AvgIpc) is 2.95. The summed E-state index contributed by atoms with van der Waals surface area (Å²) in [6.07, 6.45) is 5.15. The SMILES string of the molecule is Cc1c(Oc2ncccc2-c2ccnc(N[C@H]3CCCNC3)n2)cc(F)c(NS(=O)(=O)Cc2ccccc2)c1F.Cl. The Kier molecular flexibility index (Phi) is 9.69. The maximum atomic E-state index is 15.3. The van der Waals surface area contributed by atoms with Gasteiger partial charge in [0.25, 0.3) is 0 Å². The summed E-state index contributed by atoms with van der Waals surface area (Å²) in [6, 6.07) is 14.6. The van der Waals surface area contributed by atoms with Crippen molar-refractivity contribution in [3.8, 4) is 22.9 Å². The van der Waals surface area contributed by atoms with Crippen molar-refractivity contribution in [1.82, 2.24) is 20.3 Å². The highest BCUT2D eigenvalue weighted by Gasteiger charge is 2.23. The molecule has 1 aliphatic heterocycles. The van der Waals surface area contributed by atoms with Crippen LogP contribution in [0.3, 0.4) is 0 Å². The molecule has 216 valence electrons. The molecule has 4 aromatic rings. The zero-order valence-electron chi connectivity index (χ0n) is 22.1. The Bertz CT molecular complexity index is 1610. The predicted octanol–water partition coefficient (Wildman–Crippen LogP) is 5.45. The van der Waals surface area contributed by atoms with Gasteiger partial charge < -0.3 is 15.4 Å². The van der Waals surface area contributed by atoms with Crippen LogP contribution in [0.25, 0.3) is 11.3 Å². The van der Waals surface area contributed by atoms with Crippen LogP contribution in [0.15, 0.2) is 67.0 Å². The van der Waals surface area contributed by atoms with E-state index in [4.69, 9.17) is 4.74 Å². The molecule has 0 bridgehead atoms. The molecule has 3 N–H and O–H groups in total. The van der Waals surface area contributed by atoms with Crippen molar-refractivity contribution >= 4 is 34.1 Å². The summed E-state index contributed by atoms with van der Waals surface area (Å²) in [5, 5.41) is 6.66. The van der Waals surface area contributed by atoms with Crippen molar-refractivity contribution in [2.45, 2.75) is 31.6 Å². The lowest BCUT2D eigenvalue weighted by Crippen LogP contribution is -2.38. The van der Waals surface area contributed by atoms with E-state index in [1.54, 1.807) is 54.7 Å². The number of ether oxygens (including phenoxy) is 1. The Morgan fingerprint density at radius 3 is 2.63 bits per heavy atom. The van der Waals surface area contributed by atoms with Gasteiger partial charge in [-0.25, -0.2) is 32.2 Å². The topological polar surface area (TPSA) is 118 Å². The number of pyridine rings is 1. The van der Waals surface area contributed by atoms with E-state index >= 15 is 8.78 Å². The second kappa shape index (κ2) is 13.2. The van der Waals surface area contributed by atoms with Crippen molar-refractivity contribution in [3.63, 3.8) is 0 Å². The molecule has 2 aromatic carbocycles. The number of halogens is 3. The minimum Gasteiger partial charge on any atom is -0.438 e. The van der Waals surface area contributed by atoms with Crippen LogP contribution in [0.1, 0.15) is 24.0 Å². The first kappa shape index (κ1) is 30.1. The summed E-state index contributed by atoms with van der Waals surface area (Å²) >= 11 is 0. The third-order valence-electron chi connectivity index (χ3n) is 6.41. The smallest absolute Gasteiger partial charge is 0.237 e. The molecule has 3 heterocycles. The molecule has 1 saturated heterocycles. The third kappa shape index (κ3) is 7.46. The number of sulfonamides is 1. The molecule has 0 unspecified atom stereocenters. The minimum atomic E-state index is -4.09. The van der Waals surface area contributed by atoms with Gasteiger partial charge in [-0.3, -0.25) is 4.72 Å². The fourth-order valence-corrected chi connectivity index (χ4v) is 5.59. The van der Waals surface area contributed by atoms with Gasteiger partial charge in [0.05, 0.1) is 17.0 Å². The number of nitrogens with one attached hydrogen (secondary N) is 3. The third-order valence-corrected chi connectivity index (χ3v) is 7.64. The number of piperidine rings is 1. The maximum Gasteiger partial charge on any atom is 0.237 e. The van der Waals surface area contributed by atoms with Crippen LogP contribution < -0.4 is 20.1 Å². The van der Waals surface area contributed by atoms with Gasteiger partial charge >= 0.3 is 0 Å². The quantitative estimate of drug-likeness (QED) is 0.232. The van der Waals surface area contributed by atoms with Crippen LogP contribution in [0.2, 0.25) is 0 Å². The first-order valence-corrected chi connectivity index (χ1v) is 14.4. The van der Waals surface area contributed by atoms with Gasteiger partial charge in [-0.2, -0.15) is 0 Å². The zero-order valence-corrected chi connectivity index (χ0v) is 23.7. The van der Waals surface area contributed by atoms with Gasteiger partial charge in [0, 0.05) is 36.6 Å². The molecule has 0 radical (unpaired) electrons. The Balaban J connectivity index is 0.00000387. The standard InChI is InChI=1S/C28H28F2N6O3S.ClH/c1-18-24(15-22(29)26(25(18)30)36-40(37,38)17-19-7-3-2-4-8-19)39-27-21(10-6-13-32-27)23-11-14-33-28(35-23)34-20-9-5-12-31-16-20;/h2-4,6-8,10-11,13-15,20,31,36H,5,9,12,16-17H2,1H3,(H,33,34,35);1H/t20-;/m0./s1. The van der Waals surface area contributed by atoms with Gasteiger partial charge in [0.15, 0.2) is 11.6 Å². The number of nitrogens with zero attached hydrogens (tertiary/aromatic N) is 3. The maximum absolute atomic E-state index is 15.3. The van der Waals surface area contributed by atoms with Crippen LogP contribution in [0, 0.1) is 18.6 Å². The Morgan fingerprint density at radius 1 is 1.07 bits per heavy atom. The van der Waals surface area contributed by atoms with Crippen LogP contribution in [0.4, 0.5) is 20.4 Å². The molecule has 0 spiro atoms. The minimum absolute atomic E-state index is 0. The summed E-state index contributed by atoms with van der Waals surface area (Å²) in [6.45, 7) is 3.16. The molecular formula is C28H29ClF2N6O3S. The number of aromatic nitrogens is 3. The number of hydrogen-bond acceptors (Lipinski definition) is 8. The van der Waals surface area contributed by atoms with E-state index in [0.717, 1.165) is 32.0 Å². The molecule has 1 fully saturated rings. The molecular weight excluding hydrogens is 574 g/mol. The Morgan fingerprint density at radius 2 is 1.88 bits per heavy atom. The van der Waals surface area contributed by atoms with Crippen molar-refractivity contribution in [2.75, 3.05) is 23.1 Å². The van der Waals surface area contributed by atoms with Crippen LogP contribution in [0.5, 0.6) is 11.6 Å². The summed E-state index contributed by atoms with van der Waals surface area (Å²) in [4.78, 5) is 13.2. The monoisotopic (exact) mass is 602 g/mol. The Hall–Kier alpha value is -3.87. The number of hydrogen-bond donors (Lipinski definition) is 3. The first-order valence-electron chi connectivity index (χ1n) is 12.8. The zero-order chi connectivity index (χ0) is 28.1. The predicted molar refractivity (Wildman–Crippen MR) is 156 cm³/mol. The molecule has 1 aliphatic rings. The van der Waals surface area contributed by atoms with E-state index in [2.05, 4.69) is 25.6 Å². The first-order chi connectivity index (χ1) is 19.3. The summed E-state index contributed by atoms with van der Waals surface area (Å²) < 4.78 is 63.5. The molecule has 9 nitrogen and oxygen atoms in total. The van der Waals surface area contributed by atoms with Crippen LogP contribution >= 0.6 is 12.4 Å². The van der Waals surface area contributed by atoms with E-state index in [9.17, 15) is 8.42 Å². The summed E-state index contributed by atoms with van der Waals surface area (Å²) in [7, 11) is -4.09. The fraction of sp³-hybridized carbons (Fsp3) is 0.250. The lowest BCUT2D eigenvalue weighted by Gasteiger charge is -2.23. The lowest BCUT2D eigenvalue weighted by atomic mass is 10.1. The number of benzene rings is 2. The van der Waals surface area contributed by atoms with Gasteiger partial charge in [0.1, 0.15) is 11.4 Å². The van der Waals surface area contributed by atoms with Crippen molar-refractivity contribution in [3.05, 3.63) is 89.8 Å². The lowest BCUT2D eigenvalue weighted by molar-refractivity contribution is 0.448. The molecule has 41 heavy (non-hydrogen) atoms. The average molecular weight is 603 g/mol. The van der Waals surface area contributed by atoms with Gasteiger partial charge in [0.2, 0.25) is 21.9 Å². The Labute approximate surface area is 243 Å². The number of rotatable bonds is 9. The van der Waals surface area contributed by atoms with Gasteiger partial charge in [-0.15, -0.1) is 12.4 Å². The van der Waals surface area contributed by atoms with Crippen molar-refractivity contribution in [2.24, 2.45) is 0 Å². The molecule has 0 aliphatic carbocycles. The van der Waals surface area contributed by atoms with E-state index in [1.807, 2.05) is 4.72 Å². The second-order valence-corrected chi connectivity index (χ2v) is 11.2. The van der Waals surface area contributed by atoms with E-state index in [1.165, 1.54) is 13.1 Å². The fourth-order valence-electron chi connectivity index (χ4n) is 4.39. The van der Waals surface area contributed by atoms with E-state index in [-0.39, 0.29) is 35.6 Å². The molecule has 2 aromatic heterocycles. The molecule has 5 rings (SSSR count). The molecule has 13 heteroatoms. The highest BCUT2D eigenvalue weighted by Crippen LogP contribution is 2.36. The van der Waals surface area contributed by atoms with Gasteiger partial charge in [-0.05, 0) is 50.1 Å². The van der Waals surface area contributed by atoms with Crippen molar-refractivity contribution in [1.29, 1.82) is 0 Å². The van der Waals surface area contributed by atoms with Crippen LogP contribution in [-0.2, 0) is 15.8 Å². The van der Waals surface area contributed by atoms with Gasteiger partial charge in [-0.1, -0.05) is 30.3 Å². The molecule has 0 amide bonds. The number of anilines is 2. The second-order valence-electron chi connectivity index (χ2n) is 9.43. The summed E-state index contributed by atoms with van der Waals surface area (Å²) in [5.41, 5.74) is 0.612. The normalized spacial score (nSPS) is 15.0. The largest absolute Gasteiger partial charge is 0.438 e. The van der Waals surface area contributed by atoms with E-state index in [0.29, 0.717) is 22.8 Å². The highest BCUT2D eigenvalue weighted by molar-refractivity contribution is 7.91. The van der Waals surface area contributed by atoms with E-state index < -0.39 is 33.1 Å². The van der Waals surface area contributed by atoms with Crippen LogP contribution in [-0.4, -0.2) is 42.5 Å². The highest BCUT2D eigenvalue weighted by atomic mass is 35.5. The summed E-state index contributed by atoms with van der Waals surface area (Å²) in [5.74, 6) is -2.27. The van der Waals surface area contributed by atoms with Crippen molar-refractivity contribution < 1.29 is 21.9 Å². The molecule has 0 saturated carbocycles. The molecule has 1 atom stereocenters.